The van der Waals surface area contributed by atoms with Crippen LogP contribution in [0.5, 0.6) is 5.75 Å². The van der Waals surface area contributed by atoms with E-state index in [0.29, 0.717) is 6.61 Å². The van der Waals surface area contributed by atoms with Crippen molar-refractivity contribution in [2.75, 3.05) is 13.7 Å². The van der Waals surface area contributed by atoms with E-state index in [-0.39, 0.29) is 6.04 Å². The Morgan fingerprint density at radius 3 is 2.89 bits per heavy atom. The monoisotopic (exact) mass is 339 g/mol. The molecule has 0 aliphatic rings. The topological polar surface area (TPSA) is 21.3 Å². The number of nitrogens with one attached hydrogen (secondary N) is 1. The highest BCUT2D eigenvalue weighted by molar-refractivity contribution is 9.10. The number of thiophene rings is 1. The Bertz CT molecular complexity index is 513. The third-order valence-corrected chi connectivity index (χ3v) is 4.49. The Balaban J connectivity index is 2.02. The van der Waals surface area contributed by atoms with Gasteiger partial charge in [0, 0.05) is 27.4 Å². The van der Waals surface area contributed by atoms with Crippen LogP contribution in [0.25, 0.3) is 0 Å². The van der Waals surface area contributed by atoms with E-state index in [1.165, 1.54) is 10.4 Å². The van der Waals surface area contributed by atoms with E-state index in [0.717, 1.165) is 16.6 Å². The molecule has 4 heteroatoms. The van der Waals surface area contributed by atoms with Crippen LogP contribution in [0, 0.1) is 0 Å². The lowest BCUT2D eigenvalue weighted by molar-refractivity contribution is 0.316. The maximum atomic E-state index is 5.93. The number of halogens is 1. The van der Waals surface area contributed by atoms with Crippen molar-refractivity contribution in [3.05, 3.63) is 50.6 Å². The van der Waals surface area contributed by atoms with Gasteiger partial charge < -0.3 is 10.1 Å². The third-order valence-electron chi connectivity index (χ3n) is 3.06. The summed E-state index contributed by atoms with van der Waals surface area (Å²) in [5, 5.41) is 5.35. The van der Waals surface area contributed by atoms with Crippen molar-refractivity contribution in [3.8, 4) is 5.75 Å². The first-order valence-corrected chi connectivity index (χ1v) is 8.00. The smallest absolute Gasteiger partial charge is 0.124 e. The van der Waals surface area contributed by atoms with Gasteiger partial charge in [0.25, 0.3) is 0 Å². The minimum Gasteiger partial charge on any atom is -0.493 e. The van der Waals surface area contributed by atoms with Crippen LogP contribution >= 0.6 is 27.3 Å². The van der Waals surface area contributed by atoms with Gasteiger partial charge in [0.15, 0.2) is 0 Å². The van der Waals surface area contributed by atoms with Crippen molar-refractivity contribution < 1.29 is 4.74 Å². The van der Waals surface area contributed by atoms with Crippen molar-refractivity contribution in [2.24, 2.45) is 0 Å². The molecule has 0 radical (unpaired) electrons. The van der Waals surface area contributed by atoms with E-state index in [1.54, 1.807) is 11.3 Å². The average Bonchev–Trinajstić information content (AvgIpc) is 2.92. The molecule has 2 rings (SSSR count). The summed E-state index contributed by atoms with van der Waals surface area (Å²) in [6.07, 6.45) is 0.959. The average molecular weight is 340 g/mol. The van der Waals surface area contributed by atoms with Gasteiger partial charge in [-0.05, 0) is 43.6 Å². The zero-order valence-electron chi connectivity index (χ0n) is 11.2. The molecule has 0 aliphatic heterocycles. The summed E-state index contributed by atoms with van der Waals surface area (Å²) >= 11 is 5.29. The minimum absolute atomic E-state index is 0.272. The van der Waals surface area contributed by atoms with E-state index < -0.39 is 0 Å². The zero-order chi connectivity index (χ0) is 13.7. The van der Waals surface area contributed by atoms with Crippen LogP contribution in [0.3, 0.4) is 0 Å². The molecule has 0 saturated carbocycles. The summed E-state index contributed by atoms with van der Waals surface area (Å²) in [4.78, 5) is 1.36. The SMILES string of the molecule is CNC(C)c1cc(Br)ccc1OCCc1cccs1. The molecule has 1 unspecified atom stereocenters. The van der Waals surface area contributed by atoms with Crippen molar-refractivity contribution >= 4 is 27.3 Å². The standard InChI is InChI=1S/C15H18BrNOS/c1-11(17-2)14-10-12(16)5-6-15(14)18-8-7-13-4-3-9-19-13/h3-6,9-11,17H,7-8H2,1-2H3. The molecular weight excluding hydrogens is 322 g/mol. The largest absolute Gasteiger partial charge is 0.493 e. The Kier molecular flexibility index (Phi) is 5.43. The van der Waals surface area contributed by atoms with E-state index in [1.807, 2.05) is 19.2 Å². The molecule has 0 fully saturated rings. The molecule has 1 atom stereocenters. The first kappa shape index (κ1) is 14.6. The van der Waals surface area contributed by atoms with Crippen LogP contribution in [0.2, 0.25) is 0 Å². The third kappa shape index (κ3) is 4.06. The number of hydrogen-bond acceptors (Lipinski definition) is 3. The van der Waals surface area contributed by atoms with E-state index in [4.69, 9.17) is 4.74 Å². The highest BCUT2D eigenvalue weighted by atomic mass is 79.9. The summed E-state index contributed by atoms with van der Waals surface area (Å²) in [6.45, 7) is 2.85. The van der Waals surface area contributed by atoms with Gasteiger partial charge >= 0.3 is 0 Å². The lowest BCUT2D eigenvalue weighted by Gasteiger charge is -2.17. The summed E-state index contributed by atoms with van der Waals surface area (Å²) in [6, 6.07) is 10.7. The Morgan fingerprint density at radius 2 is 2.21 bits per heavy atom. The van der Waals surface area contributed by atoms with Gasteiger partial charge in [-0.2, -0.15) is 0 Å². The summed E-state index contributed by atoms with van der Waals surface area (Å²) in [5.41, 5.74) is 1.18. The van der Waals surface area contributed by atoms with Crippen molar-refractivity contribution in [1.29, 1.82) is 0 Å². The van der Waals surface area contributed by atoms with E-state index >= 15 is 0 Å². The summed E-state index contributed by atoms with van der Waals surface area (Å²) in [5.74, 6) is 0.960. The van der Waals surface area contributed by atoms with Gasteiger partial charge in [-0.3, -0.25) is 0 Å². The summed E-state index contributed by atoms with van der Waals surface area (Å²) < 4.78 is 7.01. The molecular formula is C15H18BrNOS. The van der Waals surface area contributed by atoms with Crippen LogP contribution < -0.4 is 10.1 Å². The van der Waals surface area contributed by atoms with Crippen LogP contribution in [-0.2, 0) is 6.42 Å². The second-order valence-corrected chi connectivity index (χ2v) is 6.32. The predicted molar refractivity (Wildman–Crippen MR) is 85.1 cm³/mol. The molecule has 2 aromatic rings. The van der Waals surface area contributed by atoms with E-state index in [9.17, 15) is 0 Å². The lowest BCUT2D eigenvalue weighted by atomic mass is 10.1. The number of benzene rings is 1. The first-order valence-electron chi connectivity index (χ1n) is 6.32. The molecule has 0 amide bonds. The summed E-state index contributed by atoms with van der Waals surface area (Å²) in [7, 11) is 1.96. The molecule has 1 aromatic carbocycles. The van der Waals surface area contributed by atoms with Gasteiger partial charge in [0.2, 0.25) is 0 Å². The molecule has 0 spiro atoms. The van der Waals surface area contributed by atoms with E-state index in [2.05, 4.69) is 51.7 Å². The van der Waals surface area contributed by atoms with Crippen LogP contribution in [0.4, 0.5) is 0 Å². The highest BCUT2D eigenvalue weighted by Crippen LogP contribution is 2.28. The second kappa shape index (κ2) is 7.08. The molecule has 2 nitrogen and oxygen atoms in total. The quantitative estimate of drug-likeness (QED) is 0.841. The maximum absolute atomic E-state index is 5.93. The van der Waals surface area contributed by atoms with Crippen LogP contribution in [0.1, 0.15) is 23.4 Å². The van der Waals surface area contributed by atoms with Gasteiger partial charge in [0.1, 0.15) is 5.75 Å². The zero-order valence-corrected chi connectivity index (χ0v) is 13.6. The Morgan fingerprint density at radius 1 is 1.37 bits per heavy atom. The molecule has 19 heavy (non-hydrogen) atoms. The molecule has 102 valence electrons. The normalized spacial score (nSPS) is 12.4. The maximum Gasteiger partial charge on any atom is 0.124 e. The van der Waals surface area contributed by atoms with Gasteiger partial charge in [0.05, 0.1) is 6.61 Å². The lowest BCUT2D eigenvalue weighted by Crippen LogP contribution is -2.14. The molecule has 1 aromatic heterocycles. The van der Waals surface area contributed by atoms with Gasteiger partial charge in [-0.15, -0.1) is 11.3 Å². The Labute approximate surface area is 126 Å². The van der Waals surface area contributed by atoms with Crippen LogP contribution in [-0.4, -0.2) is 13.7 Å². The van der Waals surface area contributed by atoms with Gasteiger partial charge in [-0.25, -0.2) is 0 Å². The Hall–Kier alpha value is -0.840. The number of ether oxygens (including phenoxy) is 1. The number of rotatable bonds is 6. The first-order chi connectivity index (χ1) is 9.20. The van der Waals surface area contributed by atoms with Crippen molar-refractivity contribution in [1.82, 2.24) is 5.32 Å². The molecule has 1 N–H and O–H groups in total. The highest BCUT2D eigenvalue weighted by Gasteiger charge is 2.10. The predicted octanol–water partition coefficient (Wildman–Crippen LogP) is 4.41. The minimum atomic E-state index is 0.272. The fraction of sp³-hybridized carbons (Fsp3) is 0.333. The molecule has 0 bridgehead atoms. The molecule has 0 saturated heterocycles. The van der Waals surface area contributed by atoms with Crippen molar-refractivity contribution in [2.45, 2.75) is 19.4 Å². The molecule has 0 aliphatic carbocycles. The van der Waals surface area contributed by atoms with Gasteiger partial charge in [-0.1, -0.05) is 22.0 Å². The van der Waals surface area contributed by atoms with Crippen molar-refractivity contribution in [3.63, 3.8) is 0 Å². The fourth-order valence-electron chi connectivity index (χ4n) is 1.86. The second-order valence-electron chi connectivity index (χ2n) is 4.37. The fourth-order valence-corrected chi connectivity index (χ4v) is 2.93. The molecule has 1 heterocycles. The van der Waals surface area contributed by atoms with Crippen LogP contribution in [0.15, 0.2) is 40.2 Å². The number of hydrogen-bond donors (Lipinski definition) is 1.